The van der Waals surface area contributed by atoms with Crippen molar-refractivity contribution in [3.05, 3.63) is 35.4 Å². The van der Waals surface area contributed by atoms with E-state index >= 15 is 0 Å². The first-order valence-corrected chi connectivity index (χ1v) is 5.25. The summed E-state index contributed by atoms with van der Waals surface area (Å²) in [6.45, 7) is 5.72. The third-order valence-corrected chi connectivity index (χ3v) is 2.00. The van der Waals surface area contributed by atoms with Crippen LogP contribution in [-0.4, -0.2) is 11.7 Å². The summed E-state index contributed by atoms with van der Waals surface area (Å²) in [5.74, 6) is 0.536. The van der Waals surface area contributed by atoms with Crippen LogP contribution in [0.3, 0.4) is 0 Å². The fourth-order valence-electron chi connectivity index (χ4n) is 1.12. The van der Waals surface area contributed by atoms with Crippen molar-refractivity contribution < 1.29 is 9.94 Å². The van der Waals surface area contributed by atoms with Gasteiger partial charge in [0.25, 0.3) is 0 Å². The molecule has 0 aromatic heterocycles. The Hall–Kier alpha value is -0.900. The van der Waals surface area contributed by atoms with Gasteiger partial charge in [0.1, 0.15) is 0 Å². The number of nitrogens with one attached hydrogen (secondary N) is 1. The molecule has 0 unspecified atom stereocenters. The molecule has 0 aliphatic rings. The summed E-state index contributed by atoms with van der Waals surface area (Å²) in [4.78, 5) is 5.26. The van der Waals surface area contributed by atoms with Crippen molar-refractivity contribution in [3.63, 3.8) is 0 Å². The number of hydroxylamine groups is 1. The predicted octanol–water partition coefficient (Wildman–Crippen LogP) is 1.86. The van der Waals surface area contributed by atoms with Gasteiger partial charge < -0.3 is 9.94 Å². The van der Waals surface area contributed by atoms with E-state index in [0.717, 1.165) is 11.1 Å². The van der Waals surface area contributed by atoms with Gasteiger partial charge in [0.15, 0.2) is 0 Å². The maximum atomic E-state index is 8.86. The summed E-state index contributed by atoms with van der Waals surface area (Å²) in [6, 6.07) is 7.80. The van der Waals surface area contributed by atoms with Gasteiger partial charge in [0, 0.05) is 6.54 Å². The van der Waals surface area contributed by atoms with Crippen molar-refractivity contribution >= 4 is 0 Å². The van der Waals surface area contributed by atoms with E-state index in [0.29, 0.717) is 19.1 Å². The van der Waals surface area contributed by atoms with Crippen LogP contribution >= 0.6 is 0 Å². The minimum atomic E-state index is 0.0948. The normalized spacial score (nSPS) is 10.9. The van der Waals surface area contributed by atoms with Crippen LogP contribution in [0.5, 0.6) is 0 Å². The number of benzene rings is 1. The third kappa shape index (κ3) is 4.93. The highest BCUT2D eigenvalue weighted by atomic mass is 16.6. The number of aliphatic hydroxyl groups is 1. The Kier molecular flexibility index (Phi) is 5.32. The van der Waals surface area contributed by atoms with Gasteiger partial charge in [0.2, 0.25) is 0 Å². The molecule has 2 N–H and O–H groups in total. The van der Waals surface area contributed by atoms with E-state index in [2.05, 4.69) is 19.3 Å². The molecule has 1 aromatic rings. The first-order valence-electron chi connectivity index (χ1n) is 5.25. The van der Waals surface area contributed by atoms with E-state index in [-0.39, 0.29) is 6.61 Å². The SMILES string of the molecule is CC(C)CONCc1ccc(CO)cc1. The van der Waals surface area contributed by atoms with Crippen LogP contribution in [0.2, 0.25) is 0 Å². The van der Waals surface area contributed by atoms with Crippen LogP contribution in [-0.2, 0) is 18.0 Å². The largest absolute Gasteiger partial charge is 0.392 e. The predicted molar refractivity (Wildman–Crippen MR) is 60.0 cm³/mol. The Bertz CT molecular complexity index is 269. The Labute approximate surface area is 91.0 Å². The third-order valence-electron chi connectivity index (χ3n) is 2.00. The number of hydrogen-bond donors (Lipinski definition) is 2. The molecule has 0 aliphatic heterocycles. The molecule has 15 heavy (non-hydrogen) atoms. The molecular weight excluding hydrogens is 190 g/mol. The van der Waals surface area contributed by atoms with E-state index < -0.39 is 0 Å². The van der Waals surface area contributed by atoms with E-state index in [4.69, 9.17) is 9.94 Å². The van der Waals surface area contributed by atoms with Gasteiger partial charge >= 0.3 is 0 Å². The van der Waals surface area contributed by atoms with Crippen molar-refractivity contribution in [1.82, 2.24) is 5.48 Å². The lowest BCUT2D eigenvalue weighted by Gasteiger charge is -2.08. The number of aliphatic hydroxyl groups excluding tert-OH is 1. The Balaban J connectivity index is 2.25. The van der Waals surface area contributed by atoms with Crippen molar-refractivity contribution in [2.75, 3.05) is 6.61 Å². The highest BCUT2D eigenvalue weighted by molar-refractivity contribution is 5.21. The van der Waals surface area contributed by atoms with Gasteiger partial charge in [-0.3, -0.25) is 0 Å². The van der Waals surface area contributed by atoms with Crippen LogP contribution in [0.4, 0.5) is 0 Å². The summed E-state index contributed by atoms with van der Waals surface area (Å²) in [6.07, 6.45) is 0. The molecule has 3 nitrogen and oxygen atoms in total. The quantitative estimate of drug-likeness (QED) is 0.555. The molecule has 0 spiro atoms. The van der Waals surface area contributed by atoms with Crippen LogP contribution < -0.4 is 5.48 Å². The van der Waals surface area contributed by atoms with Gasteiger partial charge in [-0.2, -0.15) is 5.48 Å². The molecular formula is C12H19NO2. The fraction of sp³-hybridized carbons (Fsp3) is 0.500. The molecule has 0 saturated heterocycles. The first-order chi connectivity index (χ1) is 7.22. The molecule has 0 saturated carbocycles. The molecule has 0 bridgehead atoms. The number of hydrogen-bond acceptors (Lipinski definition) is 3. The van der Waals surface area contributed by atoms with Gasteiger partial charge in [-0.05, 0) is 17.0 Å². The lowest BCUT2D eigenvalue weighted by atomic mass is 10.1. The molecule has 1 aromatic carbocycles. The zero-order valence-electron chi connectivity index (χ0n) is 9.36. The standard InChI is InChI=1S/C12H19NO2/c1-10(2)9-15-13-7-11-3-5-12(8-14)6-4-11/h3-6,10,13-14H,7-9H2,1-2H3. The molecule has 1 rings (SSSR count). The van der Waals surface area contributed by atoms with Gasteiger partial charge in [0.05, 0.1) is 13.2 Å². The smallest absolute Gasteiger partial charge is 0.0705 e. The zero-order chi connectivity index (χ0) is 11.1. The van der Waals surface area contributed by atoms with Crippen LogP contribution in [0.15, 0.2) is 24.3 Å². The average Bonchev–Trinajstić information content (AvgIpc) is 2.25. The molecule has 84 valence electrons. The van der Waals surface area contributed by atoms with Crippen molar-refractivity contribution in [2.45, 2.75) is 27.0 Å². The van der Waals surface area contributed by atoms with Crippen LogP contribution in [0.1, 0.15) is 25.0 Å². The maximum absolute atomic E-state index is 8.86. The Morgan fingerprint density at radius 2 is 1.80 bits per heavy atom. The maximum Gasteiger partial charge on any atom is 0.0705 e. The molecule has 0 amide bonds. The second-order valence-corrected chi connectivity index (χ2v) is 4.00. The lowest BCUT2D eigenvalue weighted by molar-refractivity contribution is 0.0196. The molecule has 0 radical (unpaired) electrons. The molecule has 0 heterocycles. The summed E-state index contributed by atoms with van der Waals surface area (Å²) in [5.41, 5.74) is 4.99. The second-order valence-electron chi connectivity index (χ2n) is 4.00. The van der Waals surface area contributed by atoms with Crippen molar-refractivity contribution in [2.24, 2.45) is 5.92 Å². The average molecular weight is 209 g/mol. The summed E-state index contributed by atoms with van der Waals surface area (Å²) in [5, 5.41) is 8.86. The first kappa shape index (κ1) is 12.2. The van der Waals surface area contributed by atoms with Gasteiger partial charge in [-0.1, -0.05) is 38.1 Å². The summed E-state index contributed by atoms with van der Waals surface area (Å²) < 4.78 is 0. The van der Waals surface area contributed by atoms with Crippen LogP contribution in [0, 0.1) is 5.92 Å². The highest BCUT2D eigenvalue weighted by Crippen LogP contribution is 2.04. The topological polar surface area (TPSA) is 41.5 Å². The van der Waals surface area contributed by atoms with Crippen molar-refractivity contribution in [3.8, 4) is 0 Å². The summed E-state index contributed by atoms with van der Waals surface area (Å²) in [7, 11) is 0. The Morgan fingerprint density at radius 3 is 2.33 bits per heavy atom. The molecule has 0 aliphatic carbocycles. The lowest BCUT2D eigenvalue weighted by Crippen LogP contribution is -2.17. The molecule has 0 atom stereocenters. The highest BCUT2D eigenvalue weighted by Gasteiger charge is 1.95. The minimum absolute atomic E-state index is 0.0948. The monoisotopic (exact) mass is 209 g/mol. The number of rotatable bonds is 6. The second kappa shape index (κ2) is 6.56. The minimum Gasteiger partial charge on any atom is -0.392 e. The Morgan fingerprint density at radius 1 is 1.20 bits per heavy atom. The molecule has 3 heteroatoms. The van der Waals surface area contributed by atoms with Gasteiger partial charge in [-0.25, -0.2) is 0 Å². The molecule has 0 fully saturated rings. The summed E-state index contributed by atoms with van der Waals surface area (Å²) >= 11 is 0. The van der Waals surface area contributed by atoms with E-state index in [1.807, 2.05) is 24.3 Å². The zero-order valence-corrected chi connectivity index (χ0v) is 9.36. The van der Waals surface area contributed by atoms with Crippen molar-refractivity contribution in [1.29, 1.82) is 0 Å². The van der Waals surface area contributed by atoms with E-state index in [9.17, 15) is 0 Å². The van der Waals surface area contributed by atoms with E-state index in [1.54, 1.807) is 0 Å². The fourth-order valence-corrected chi connectivity index (χ4v) is 1.12. The van der Waals surface area contributed by atoms with Gasteiger partial charge in [-0.15, -0.1) is 0 Å². The van der Waals surface area contributed by atoms with Crippen LogP contribution in [0.25, 0.3) is 0 Å². The van der Waals surface area contributed by atoms with E-state index in [1.165, 1.54) is 0 Å².